The predicted octanol–water partition coefficient (Wildman–Crippen LogP) is 0.789. The van der Waals surface area contributed by atoms with Gasteiger partial charge in [-0.3, -0.25) is 9.59 Å². The molecule has 1 aromatic rings. The highest BCUT2D eigenvalue weighted by Gasteiger charge is 2.21. The molecule has 0 fully saturated rings. The topological polar surface area (TPSA) is 78.7 Å². The Kier molecular flexibility index (Phi) is 5.58. The van der Waals surface area contributed by atoms with E-state index in [1.165, 1.54) is 0 Å². The van der Waals surface area contributed by atoms with E-state index in [4.69, 9.17) is 5.73 Å². The van der Waals surface area contributed by atoms with Crippen LogP contribution in [0.3, 0.4) is 0 Å². The third kappa shape index (κ3) is 4.11. The monoisotopic (exact) mass is 292 g/mol. The van der Waals surface area contributed by atoms with Crippen molar-refractivity contribution in [1.29, 1.82) is 0 Å². The zero-order chi connectivity index (χ0) is 16.2. The molecular weight excluding hydrogens is 268 g/mol. The highest BCUT2D eigenvalue weighted by atomic mass is 16.2. The van der Waals surface area contributed by atoms with Gasteiger partial charge >= 0.3 is 0 Å². The van der Waals surface area contributed by atoms with Crippen molar-refractivity contribution in [3.05, 3.63) is 23.8 Å². The normalized spacial score (nSPS) is 11.7. The Bertz CT molecular complexity index is 528. The predicted molar refractivity (Wildman–Crippen MR) is 85.4 cm³/mol. The first-order valence-electron chi connectivity index (χ1n) is 6.81. The van der Waals surface area contributed by atoms with E-state index in [1.807, 2.05) is 25.1 Å². The van der Waals surface area contributed by atoms with Crippen molar-refractivity contribution in [1.82, 2.24) is 10.2 Å². The summed E-state index contributed by atoms with van der Waals surface area (Å²) >= 11 is 0. The summed E-state index contributed by atoms with van der Waals surface area (Å²) in [4.78, 5) is 27.5. The quantitative estimate of drug-likeness (QED) is 0.786. The smallest absolute Gasteiger partial charge is 0.255 e. The maximum absolute atomic E-state index is 12.6. The van der Waals surface area contributed by atoms with E-state index in [2.05, 4.69) is 5.32 Å². The number of anilines is 2. The number of hydrogen-bond acceptors (Lipinski definition) is 4. The number of amides is 2. The molecule has 0 radical (unpaired) electrons. The third-order valence-corrected chi connectivity index (χ3v) is 3.32. The van der Waals surface area contributed by atoms with Crippen molar-refractivity contribution in [2.24, 2.45) is 5.92 Å². The Morgan fingerprint density at radius 3 is 2.43 bits per heavy atom. The Morgan fingerprint density at radius 2 is 1.90 bits per heavy atom. The van der Waals surface area contributed by atoms with E-state index >= 15 is 0 Å². The van der Waals surface area contributed by atoms with E-state index in [1.54, 1.807) is 38.1 Å². The number of nitrogens with one attached hydrogen (secondary N) is 1. The first kappa shape index (κ1) is 16.8. The molecule has 0 bridgehead atoms. The van der Waals surface area contributed by atoms with Crippen molar-refractivity contribution in [2.45, 2.75) is 6.92 Å². The van der Waals surface area contributed by atoms with Crippen molar-refractivity contribution >= 4 is 23.2 Å². The first-order chi connectivity index (χ1) is 9.77. The average molecular weight is 292 g/mol. The summed E-state index contributed by atoms with van der Waals surface area (Å²) in [6.07, 6.45) is 0. The lowest BCUT2D eigenvalue weighted by molar-refractivity contribution is -0.124. The molecule has 6 nitrogen and oxygen atoms in total. The van der Waals surface area contributed by atoms with E-state index in [0.29, 0.717) is 17.8 Å². The maximum atomic E-state index is 12.6. The van der Waals surface area contributed by atoms with Crippen molar-refractivity contribution < 1.29 is 9.59 Å². The Balaban J connectivity index is 2.97. The zero-order valence-corrected chi connectivity index (χ0v) is 13.3. The van der Waals surface area contributed by atoms with Gasteiger partial charge in [-0.05, 0) is 18.2 Å². The number of benzene rings is 1. The number of hydrogen-bond donors (Lipinski definition) is 2. The minimum absolute atomic E-state index is 0.0879. The SMILES string of the molecule is CNC(=O)C(C)CN(C)C(=O)c1cc(N)ccc1N(C)C. The molecule has 1 rings (SSSR count). The van der Waals surface area contributed by atoms with Crippen LogP contribution in [0.1, 0.15) is 17.3 Å². The molecule has 0 saturated heterocycles. The molecule has 3 N–H and O–H groups in total. The van der Waals surface area contributed by atoms with Gasteiger partial charge in [-0.2, -0.15) is 0 Å². The molecule has 0 aliphatic rings. The van der Waals surface area contributed by atoms with Crippen LogP contribution in [0, 0.1) is 5.92 Å². The summed E-state index contributed by atoms with van der Waals surface area (Å²) in [6.45, 7) is 2.13. The lowest BCUT2D eigenvalue weighted by Crippen LogP contribution is -2.37. The van der Waals surface area contributed by atoms with Crippen LogP contribution in [0.25, 0.3) is 0 Å². The molecule has 1 unspecified atom stereocenters. The summed E-state index contributed by atoms with van der Waals surface area (Å²) in [5.74, 6) is -0.510. The Hall–Kier alpha value is -2.24. The van der Waals surface area contributed by atoms with Crippen molar-refractivity contribution in [3.63, 3.8) is 0 Å². The molecule has 0 aliphatic carbocycles. The van der Waals surface area contributed by atoms with Gasteiger partial charge in [0, 0.05) is 46.1 Å². The van der Waals surface area contributed by atoms with Gasteiger partial charge in [0.2, 0.25) is 5.91 Å². The van der Waals surface area contributed by atoms with Crippen molar-refractivity contribution in [2.75, 3.05) is 45.4 Å². The number of rotatable bonds is 5. The van der Waals surface area contributed by atoms with Crippen LogP contribution in [-0.4, -0.2) is 51.4 Å². The van der Waals surface area contributed by atoms with Crippen LogP contribution in [0.15, 0.2) is 18.2 Å². The molecule has 2 amide bonds. The van der Waals surface area contributed by atoms with E-state index in [9.17, 15) is 9.59 Å². The summed E-state index contributed by atoms with van der Waals surface area (Å²) in [6, 6.07) is 5.25. The molecule has 1 atom stereocenters. The Labute approximate surface area is 125 Å². The van der Waals surface area contributed by atoms with Gasteiger partial charge in [0.1, 0.15) is 0 Å². The molecule has 116 valence electrons. The summed E-state index contributed by atoms with van der Waals surface area (Å²) in [5.41, 5.74) is 7.66. The fraction of sp³-hybridized carbons (Fsp3) is 0.467. The van der Waals surface area contributed by atoms with Crippen LogP contribution in [0.4, 0.5) is 11.4 Å². The summed E-state index contributed by atoms with van der Waals surface area (Å²) in [5, 5.41) is 2.58. The van der Waals surface area contributed by atoms with E-state index in [0.717, 1.165) is 5.69 Å². The lowest BCUT2D eigenvalue weighted by Gasteiger charge is -2.24. The molecule has 21 heavy (non-hydrogen) atoms. The molecule has 0 aliphatic heterocycles. The van der Waals surface area contributed by atoms with E-state index in [-0.39, 0.29) is 17.7 Å². The third-order valence-electron chi connectivity index (χ3n) is 3.32. The molecular formula is C15H24N4O2. The van der Waals surface area contributed by atoms with E-state index < -0.39 is 0 Å². The van der Waals surface area contributed by atoms with Gasteiger partial charge in [-0.25, -0.2) is 0 Å². The second-order valence-electron chi connectivity index (χ2n) is 5.37. The van der Waals surface area contributed by atoms with Crippen LogP contribution >= 0.6 is 0 Å². The highest BCUT2D eigenvalue weighted by molar-refractivity contribution is 6.00. The largest absolute Gasteiger partial charge is 0.399 e. The standard InChI is InChI=1S/C15H24N4O2/c1-10(14(20)17-2)9-19(5)15(21)12-8-11(16)6-7-13(12)18(3)4/h6-8,10H,9,16H2,1-5H3,(H,17,20). The molecule has 0 spiro atoms. The fourth-order valence-electron chi connectivity index (χ4n) is 2.14. The van der Waals surface area contributed by atoms with Gasteiger partial charge in [0.25, 0.3) is 5.91 Å². The van der Waals surface area contributed by atoms with Crippen LogP contribution in [0.2, 0.25) is 0 Å². The van der Waals surface area contributed by atoms with Crippen molar-refractivity contribution in [3.8, 4) is 0 Å². The summed E-state index contributed by atoms with van der Waals surface area (Å²) in [7, 11) is 7.01. The average Bonchev–Trinajstić information content (AvgIpc) is 2.44. The number of nitrogens with zero attached hydrogens (tertiary/aromatic N) is 2. The minimum Gasteiger partial charge on any atom is -0.399 e. The van der Waals surface area contributed by atoms with Gasteiger partial charge in [-0.1, -0.05) is 6.92 Å². The molecule has 0 saturated carbocycles. The zero-order valence-electron chi connectivity index (χ0n) is 13.3. The number of nitrogen functional groups attached to an aromatic ring is 1. The van der Waals surface area contributed by atoms with Crippen LogP contribution in [-0.2, 0) is 4.79 Å². The second-order valence-corrected chi connectivity index (χ2v) is 5.37. The minimum atomic E-state index is -0.271. The molecule has 0 heterocycles. The van der Waals surface area contributed by atoms with Gasteiger partial charge < -0.3 is 20.9 Å². The highest BCUT2D eigenvalue weighted by Crippen LogP contribution is 2.23. The fourth-order valence-corrected chi connectivity index (χ4v) is 2.14. The second kappa shape index (κ2) is 6.97. The van der Waals surface area contributed by atoms with Crippen LogP contribution in [0.5, 0.6) is 0 Å². The number of carbonyl (C=O) groups excluding carboxylic acids is 2. The Morgan fingerprint density at radius 1 is 1.29 bits per heavy atom. The van der Waals surface area contributed by atoms with Gasteiger partial charge in [0.05, 0.1) is 11.5 Å². The number of carbonyl (C=O) groups is 2. The molecule has 0 aromatic heterocycles. The molecule has 1 aromatic carbocycles. The first-order valence-corrected chi connectivity index (χ1v) is 6.81. The van der Waals surface area contributed by atoms with Gasteiger partial charge in [0.15, 0.2) is 0 Å². The maximum Gasteiger partial charge on any atom is 0.255 e. The summed E-state index contributed by atoms with van der Waals surface area (Å²) < 4.78 is 0. The lowest BCUT2D eigenvalue weighted by atomic mass is 10.1. The van der Waals surface area contributed by atoms with Crippen LogP contribution < -0.4 is 16.0 Å². The molecule has 6 heteroatoms. The number of nitrogens with two attached hydrogens (primary N) is 1. The van der Waals surface area contributed by atoms with Gasteiger partial charge in [-0.15, -0.1) is 0 Å².